The van der Waals surface area contributed by atoms with Gasteiger partial charge in [0.2, 0.25) is 0 Å². The first-order valence-electron chi connectivity index (χ1n) is 10.1. The number of oxime groups is 1. The predicted molar refractivity (Wildman–Crippen MR) is 129 cm³/mol. The number of hydrogen-bond donors (Lipinski definition) is 0. The molecule has 0 unspecified atom stereocenters. The molecule has 6 nitrogen and oxygen atoms in total. The molecule has 0 fully saturated rings. The highest BCUT2D eigenvalue weighted by Gasteiger charge is 2.40. The second-order valence-corrected chi connectivity index (χ2v) is 28.9. The lowest BCUT2D eigenvalue weighted by Gasteiger charge is -2.41. The van der Waals surface area contributed by atoms with E-state index in [0.29, 0.717) is 6.61 Å². The third-order valence-corrected chi connectivity index (χ3v) is 7.17. The summed E-state index contributed by atoms with van der Waals surface area (Å²) in [6, 6.07) is 0. The molecule has 0 heterocycles. The molecule has 0 aromatic rings. The van der Waals surface area contributed by atoms with Gasteiger partial charge < -0.3 is 22.5 Å². The van der Waals surface area contributed by atoms with Gasteiger partial charge in [0.25, 0.3) is 0 Å². The monoisotopic (exact) mass is 467 g/mol. The van der Waals surface area contributed by atoms with E-state index in [1.165, 1.54) is 0 Å². The Morgan fingerprint density at radius 2 is 1.14 bits per heavy atom. The van der Waals surface area contributed by atoms with Gasteiger partial charge in [-0.2, -0.15) is 0 Å². The highest BCUT2D eigenvalue weighted by molar-refractivity contribution is 6.71. The highest BCUT2D eigenvalue weighted by Crippen LogP contribution is 2.24. The standard InChI is InChI=1S/C18H45NO5Si4/c1-20-19-14-16(22-26(5,6)7)18(24-28(11,12)13)17(23-27(8,9)10)15-21-25(2,3)4/h14,16-18H,15H2,1-13H3/b19-14+/t16-,17+,18+/m0/s1. The van der Waals surface area contributed by atoms with Crippen LogP contribution in [0.1, 0.15) is 0 Å². The first-order chi connectivity index (χ1) is 12.3. The van der Waals surface area contributed by atoms with E-state index in [-0.39, 0.29) is 18.3 Å². The SMILES string of the molecule is CO/N=C/[C@H](O[Si](C)(C)C)[C@@H](O[Si](C)(C)C)[C@@H](CO[Si](C)(C)C)O[Si](C)(C)C. The lowest BCUT2D eigenvalue weighted by Crippen LogP contribution is -2.55. The van der Waals surface area contributed by atoms with Crippen molar-refractivity contribution in [1.82, 2.24) is 0 Å². The third kappa shape index (κ3) is 15.1. The van der Waals surface area contributed by atoms with Crippen molar-refractivity contribution in [2.75, 3.05) is 13.7 Å². The summed E-state index contributed by atoms with van der Waals surface area (Å²) in [5, 5.41) is 4.03. The Morgan fingerprint density at radius 3 is 1.50 bits per heavy atom. The van der Waals surface area contributed by atoms with Crippen LogP contribution in [0.25, 0.3) is 0 Å². The Bertz CT molecular complexity index is 478. The Kier molecular flexibility index (Phi) is 11.1. The van der Waals surface area contributed by atoms with Gasteiger partial charge in [0, 0.05) is 0 Å². The second-order valence-electron chi connectivity index (χ2n) is 11.0. The van der Waals surface area contributed by atoms with Crippen molar-refractivity contribution in [2.24, 2.45) is 5.16 Å². The van der Waals surface area contributed by atoms with E-state index in [1.54, 1.807) is 13.3 Å². The van der Waals surface area contributed by atoms with Crippen LogP contribution in [-0.2, 0) is 22.5 Å². The zero-order valence-electron chi connectivity index (χ0n) is 20.5. The van der Waals surface area contributed by atoms with Gasteiger partial charge in [0.05, 0.1) is 18.9 Å². The lowest BCUT2D eigenvalue weighted by atomic mass is 10.1. The quantitative estimate of drug-likeness (QED) is 0.213. The topological polar surface area (TPSA) is 58.5 Å². The van der Waals surface area contributed by atoms with Crippen molar-refractivity contribution in [3.05, 3.63) is 0 Å². The first-order valence-corrected chi connectivity index (χ1v) is 23.7. The minimum absolute atomic E-state index is 0.213. The first kappa shape index (κ1) is 28.2. The van der Waals surface area contributed by atoms with Gasteiger partial charge in [-0.05, 0) is 78.6 Å². The largest absolute Gasteiger partial charge is 0.415 e. The molecule has 0 radical (unpaired) electrons. The van der Waals surface area contributed by atoms with E-state index in [4.69, 9.17) is 22.5 Å². The van der Waals surface area contributed by atoms with Gasteiger partial charge >= 0.3 is 0 Å². The van der Waals surface area contributed by atoms with E-state index >= 15 is 0 Å². The fourth-order valence-corrected chi connectivity index (χ4v) is 6.34. The van der Waals surface area contributed by atoms with E-state index < -0.39 is 33.3 Å². The van der Waals surface area contributed by atoms with Gasteiger partial charge in [-0.15, -0.1) is 0 Å². The van der Waals surface area contributed by atoms with Gasteiger partial charge in [-0.1, -0.05) is 5.16 Å². The van der Waals surface area contributed by atoms with Crippen LogP contribution in [0.15, 0.2) is 5.16 Å². The zero-order chi connectivity index (χ0) is 22.4. The molecule has 0 N–H and O–H groups in total. The normalized spacial score (nSPS) is 17.6. The van der Waals surface area contributed by atoms with Gasteiger partial charge in [0.1, 0.15) is 19.3 Å². The molecule has 3 atom stereocenters. The summed E-state index contributed by atoms with van der Waals surface area (Å²) in [6.45, 7) is 26.7. The fraction of sp³-hybridized carbons (Fsp3) is 0.944. The summed E-state index contributed by atoms with van der Waals surface area (Å²) in [5.74, 6) is 0. The molecule has 0 aliphatic rings. The van der Waals surface area contributed by atoms with E-state index in [2.05, 4.69) is 83.7 Å². The van der Waals surface area contributed by atoms with Crippen LogP contribution in [0, 0.1) is 0 Å². The van der Waals surface area contributed by atoms with E-state index in [9.17, 15) is 0 Å². The third-order valence-electron chi connectivity index (χ3n) is 3.17. The summed E-state index contributed by atoms with van der Waals surface area (Å²) < 4.78 is 26.0. The van der Waals surface area contributed by atoms with Crippen molar-refractivity contribution in [2.45, 2.75) is 96.9 Å². The molecule has 0 bridgehead atoms. The lowest BCUT2D eigenvalue weighted by molar-refractivity contribution is -0.0281. The molecule has 0 aliphatic heterocycles. The van der Waals surface area contributed by atoms with Crippen molar-refractivity contribution in [3.8, 4) is 0 Å². The van der Waals surface area contributed by atoms with Gasteiger partial charge in [0.15, 0.2) is 33.3 Å². The molecule has 0 saturated carbocycles. The van der Waals surface area contributed by atoms with E-state index in [1.807, 2.05) is 0 Å². The fourth-order valence-electron chi connectivity index (χ4n) is 2.46. The molecule has 0 aromatic carbocycles. The van der Waals surface area contributed by atoms with Crippen LogP contribution in [0.5, 0.6) is 0 Å². The minimum atomic E-state index is -1.89. The maximum atomic E-state index is 6.64. The minimum Gasteiger partial charge on any atom is -0.415 e. The molecular formula is C18H45NO5Si4. The number of hydrogen-bond acceptors (Lipinski definition) is 6. The summed E-state index contributed by atoms with van der Waals surface area (Å²) >= 11 is 0. The van der Waals surface area contributed by atoms with Gasteiger partial charge in [-0.25, -0.2) is 0 Å². The highest BCUT2D eigenvalue weighted by atomic mass is 28.4. The van der Waals surface area contributed by atoms with Crippen LogP contribution >= 0.6 is 0 Å². The van der Waals surface area contributed by atoms with Crippen LogP contribution in [0.4, 0.5) is 0 Å². The average molecular weight is 468 g/mol. The Labute approximate surface area is 177 Å². The molecule has 0 saturated heterocycles. The number of nitrogens with zero attached hydrogens (tertiary/aromatic N) is 1. The van der Waals surface area contributed by atoms with Crippen LogP contribution in [-0.4, -0.2) is 71.5 Å². The maximum absolute atomic E-state index is 6.64. The molecule has 0 rings (SSSR count). The molecule has 28 heavy (non-hydrogen) atoms. The predicted octanol–water partition coefficient (Wildman–Crippen LogP) is 5.13. The van der Waals surface area contributed by atoms with Crippen molar-refractivity contribution in [1.29, 1.82) is 0 Å². The maximum Gasteiger partial charge on any atom is 0.184 e. The van der Waals surface area contributed by atoms with Crippen LogP contribution < -0.4 is 0 Å². The van der Waals surface area contributed by atoms with Crippen molar-refractivity contribution >= 4 is 39.5 Å². The van der Waals surface area contributed by atoms with Crippen LogP contribution in [0.3, 0.4) is 0 Å². The Balaban J connectivity index is 6.01. The van der Waals surface area contributed by atoms with E-state index in [0.717, 1.165) is 0 Å². The molecular weight excluding hydrogens is 423 g/mol. The summed E-state index contributed by atoms with van der Waals surface area (Å²) in [7, 11) is -5.75. The van der Waals surface area contributed by atoms with Gasteiger partial charge in [-0.3, -0.25) is 0 Å². The molecule has 0 spiro atoms. The number of rotatable bonds is 13. The average Bonchev–Trinajstić information content (AvgIpc) is 2.41. The van der Waals surface area contributed by atoms with Crippen molar-refractivity contribution < 1.29 is 22.5 Å². The molecule has 0 amide bonds. The Hall–Kier alpha value is 0.178. The summed E-state index contributed by atoms with van der Waals surface area (Å²) in [5.41, 5.74) is 0. The zero-order valence-corrected chi connectivity index (χ0v) is 24.5. The molecule has 10 heteroatoms. The molecule has 168 valence electrons. The smallest absolute Gasteiger partial charge is 0.184 e. The van der Waals surface area contributed by atoms with Crippen molar-refractivity contribution in [3.63, 3.8) is 0 Å². The van der Waals surface area contributed by atoms with Crippen LogP contribution in [0.2, 0.25) is 78.6 Å². The summed E-state index contributed by atoms with van der Waals surface area (Å²) in [4.78, 5) is 4.97. The molecule has 0 aromatic heterocycles. The molecule has 0 aliphatic carbocycles. The second kappa shape index (κ2) is 11.0. The summed E-state index contributed by atoms with van der Waals surface area (Å²) in [6.07, 6.45) is 0.873. The Morgan fingerprint density at radius 1 is 0.679 bits per heavy atom.